The van der Waals surface area contributed by atoms with Gasteiger partial charge in [-0.25, -0.2) is 0 Å². The molecule has 2 aromatic rings. The quantitative estimate of drug-likeness (QED) is 0.889. The summed E-state index contributed by atoms with van der Waals surface area (Å²) in [5, 5.41) is 9.78. The Morgan fingerprint density at radius 2 is 2.19 bits per heavy atom. The van der Waals surface area contributed by atoms with Crippen LogP contribution in [0, 0.1) is 0 Å². The first-order valence-electron chi connectivity index (χ1n) is 6.93. The number of para-hydroxylation sites is 2. The Morgan fingerprint density at radius 3 is 3.05 bits per heavy atom. The Morgan fingerprint density at radius 1 is 1.33 bits per heavy atom. The Kier molecular flexibility index (Phi) is 2.77. The molecule has 0 radical (unpaired) electrons. The standard InChI is InChI=1S/C14H14N4O3/c19-13(16-8-5-6-8)12-17-14(21-18-12)11-7-15-9-3-1-2-4-10(9)20-11/h1-4,8,11,15H,5-7H2,(H,16,19). The first-order chi connectivity index (χ1) is 10.3. The van der Waals surface area contributed by atoms with Crippen molar-refractivity contribution in [1.29, 1.82) is 0 Å². The van der Waals surface area contributed by atoms with Gasteiger partial charge in [0, 0.05) is 6.04 Å². The maximum atomic E-state index is 11.8. The van der Waals surface area contributed by atoms with Gasteiger partial charge in [-0.2, -0.15) is 4.98 Å². The van der Waals surface area contributed by atoms with Crippen molar-refractivity contribution in [3.63, 3.8) is 0 Å². The molecule has 1 saturated carbocycles. The van der Waals surface area contributed by atoms with Gasteiger partial charge in [0.05, 0.1) is 12.2 Å². The van der Waals surface area contributed by atoms with Gasteiger partial charge in [0.1, 0.15) is 5.75 Å². The summed E-state index contributed by atoms with van der Waals surface area (Å²) in [6.07, 6.45) is 1.64. The molecule has 7 nitrogen and oxygen atoms in total. The molecule has 1 aliphatic carbocycles. The van der Waals surface area contributed by atoms with E-state index in [1.807, 2.05) is 24.3 Å². The number of nitrogens with zero attached hydrogens (tertiary/aromatic N) is 2. The van der Waals surface area contributed by atoms with E-state index in [1.165, 1.54) is 0 Å². The Balaban J connectivity index is 1.50. The van der Waals surface area contributed by atoms with Crippen molar-refractivity contribution in [3.8, 4) is 5.75 Å². The van der Waals surface area contributed by atoms with Crippen LogP contribution in [0.2, 0.25) is 0 Å². The van der Waals surface area contributed by atoms with Crippen LogP contribution >= 0.6 is 0 Å². The van der Waals surface area contributed by atoms with Gasteiger partial charge in [-0.05, 0) is 25.0 Å². The van der Waals surface area contributed by atoms with Gasteiger partial charge in [-0.3, -0.25) is 4.79 Å². The van der Waals surface area contributed by atoms with E-state index >= 15 is 0 Å². The van der Waals surface area contributed by atoms with E-state index in [-0.39, 0.29) is 17.8 Å². The lowest BCUT2D eigenvalue weighted by molar-refractivity contribution is 0.0937. The number of benzene rings is 1. The number of carbonyl (C=O) groups excluding carboxylic acids is 1. The molecule has 21 heavy (non-hydrogen) atoms. The minimum absolute atomic E-state index is 0.0550. The molecule has 2 aliphatic rings. The van der Waals surface area contributed by atoms with Crippen LogP contribution in [-0.4, -0.2) is 28.6 Å². The first-order valence-corrected chi connectivity index (χ1v) is 6.93. The lowest BCUT2D eigenvalue weighted by Crippen LogP contribution is -2.27. The van der Waals surface area contributed by atoms with Gasteiger partial charge >= 0.3 is 0 Å². The van der Waals surface area contributed by atoms with E-state index in [1.54, 1.807) is 0 Å². The highest BCUT2D eigenvalue weighted by Crippen LogP contribution is 2.33. The lowest BCUT2D eigenvalue weighted by atomic mass is 10.2. The molecule has 1 amide bonds. The number of rotatable bonds is 3. The molecule has 0 saturated heterocycles. The third-order valence-electron chi connectivity index (χ3n) is 3.47. The largest absolute Gasteiger partial charge is 0.477 e. The van der Waals surface area contributed by atoms with Gasteiger partial charge in [-0.1, -0.05) is 17.3 Å². The molecule has 7 heteroatoms. The van der Waals surface area contributed by atoms with Gasteiger partial charge in [-0.15, -0.1) is 0 Å². The molecule has 1 aromatic carbocycles. The highest BCUT2D eigenvalue weighted by atomic mass is 16.5. The molecule has 1 fully saturated rings. The highest BCUT2D eigenvalue weighted by molar-refractivity contribution is 5.90. The zero-order valence-corrected chi connectivity index (χ0v) is 11.2. The van der Waals surface area contributed by atoms with Gasteiger partial charge < -0.3 is 19.9 Å². The summed E-state index contributed by atoms with van der Waals surface area (Å²) >= 11 is 0. The maximum Gasteiger partial charge on any atom is 0.292 e. The number of ether oxygens (including phenoxy) is 1. The number of fused-ring (bicyclic) bond motifs is 1. The molecule has 1 aliphatic heterocycles. The summed E-state index contributed by atoms with van der Waals surface area (Å²) in [6.45, 7) is 0.517. The zero-order valence-electron chi connectivity index (χ0n) is 11.2. The molecule has 4 rings (SSSR count). The molecule has 2 N–H and O–H groups in total. The second-order valence-electron chi connectivity index (χ2n) is 5.19. The third-order valence-corrected chi connectivity index (χ3v) is 3.47. The fraction of sp³-hybridized carbons (Fsp3) is 0.357. The maximum absolute atomic E-state index is 11.8. The van der Waals surface area contributed by atoms with Crippen molar-refractivity contribution in [2.45, 2.75) is 25.0 Å². The van der Waals surface area contributed by atoms with Crippen LogP contribution in [0.1, 0.15) is 35.5 Å². The van der Waals surface area contributed by atoms with E-state index in [2.05, 4.69) is 20.8 Å². The average Bonchev–Trinajstić information content (AvgIpc) is 3.18. The Bertz CT molecular complexity index is 680. The van der Waals surface area contributed by atoms with E-state index in [0.29, 0.717) is 12.4 Å². The summed E-state index contributed by atoms with van der Waals surface area (Å²) in [7, 11) is 0. The summed E-state index contributed by atoms with van der Waals surface area (Å²) in [5.74, 6) is 0.796. The zero-order chi connectivity index (χ0) is 14.2. The normalized spacial score (nSPS) is 20.1. The minimum Gasteiger partial charge on any atom is -0.477 e. The second-order valence-corrected chi connectivity index (χ2v) is 5.19. The fourth-order valence-corrected chi connectivity index (χ4v) is 2.19. The van der Waals surface area contributed by atoms with E-state index < -0.39 is 6.10 Å². The average molecular weight is 286 g/mol. The van der Waals surface area contributed by atoms with Crippen LogP contribution in [0.3, 0.4) is 0 Å². The molecule has 0 spiro atoms. The lowest BCUT2D eigenvalue weighted by Gasteiger charge is -2.24. The Hall–Kier alpha value is -2.57. The molecular weight excluding hydrogens is 272 g/mol. The van der Waals surface area contributed by atoms with Crippen LogP contribution < -0.4 is 15.4 Å². The van der Waals surface area contributed by atoms with Crippen LogP contribution in [-0.2, 0) is 0 Å². The Labute approximate surface area is 120 Å². The number of aromatic nitrogens is 2. The van der Waals surface area contributed by atoms with Gasteiger partial charge in [0.25, 0.3) is 17.6 Å². The van der Waals surface area contributed by atoms with Crippen molar-refractivity contribution >= 4 is 11.6 Å². The molecule has 108 valence electrons. The number of nitrogens with one attached hydrogen (secondary N) is 2. The fourth-order valence-electron chi connectivity index (χ4n) is 2.19. The molecule has 0 bridgehead atoms. The number of carbonyl (C=O) groups is 1. The number of anilines is 1. The molecule has 1 unspecified atom stereocenters. The molecule has 1 atom stereocenters. The van der Waals surface area contributed by atoms with Crippen molar-refractivity contribution in [1.82, 2.24) is 15.5 Å². The van der Waals surface area contributed by atoms with Crippen molar-refractivity contribution in [2.75, 3.05) is 11.9 Å². The third kappa shape index (κ3) is 2.42. The number of amides is 1. The predicted octanol–water partition coefficient (Wildman–Crippen LogP) is 1.51. The van der Waals surface area contributed by atoms with Crippen molar-refractivity contribution < 1.29 is 14.1 Å². The summed E-state index contributed by atoms with van der Waals surface area (Å²) in [4.78, 5) is 16.0. The molecule has 2 heterocycles. The van der Waals surface area contributed by atoms with Crippen molar-refractivity contribution in [3.05, 3.63) is 36.0 Å². The predicted molar refractivity (Wildman–Crippen MR) is 73.1 cm³/mol. The summed E-state index contributed by atoms with van der Waals surface area (Å²) in [5.41, 5.74) is 0.931. The van der Waals surface area contributed by atoms with E-state index in [4.69, 9.17) is 9.26 Å². The van der Waals surface area contributed by atoms with Gasteiger partial charge in [0.15, 0.2) is 6.10 Å². The highest BCUT2D eigenvalue weighted by Gasteiger charge is 2.29. The van der Waals surface area contributed by atoms with Crippen LogP contribution in [0.15, 0.2) is 28.8 Å². The molecular formula is C14H14N4O3. The van der Waals surface area contributed by atoms with Crippen LogP contribution in [0.25, 0.3) is 0 Å². The van der Waals surface area contributed by atoms with Crippen LogP contribution in [0.4, 0.5) is 5.69 Å². The monoisotopic (exact) mass is 286 g/mol. The second kappa shape index (κ2) is 4.76. The minimum atomic E-state index is -0.394. The van der Waals surface area contributed by atoms with E-state index in [0.717, 1.165) is 24.3 Å². The number of hydrogen-bond donors (Lipinski definition) is 2. The summed E-state index contributed by atoms with van der Waals surface area (Å²) in [6, 6.07) is 7.90. The van der Waals surface area contributed by atoms with Crippen LogP contribution in [0.5, 0.6) is 5.75 Å². The van der Waals surface area contributed by atoms with E-state index in [9.17, 15) is 4.79 Å². The molecule has 1 aromatic heterocycles. The SMILES string of the molecule is O=C(NC1CC1)c1noc(C2CNc3ccccc3O2)n1. The first kappa shape index (κ1) is 12.2. The van der Waals surface area contributed by atoms with Gasteiger partial charge in [0.2, 0.25) is 0 Å². The van der Waals surface area contributed by atoms with Crippen molar-refractivity contribution in [2.24, 2.45) is 0 Å². The smallest absolute Gasteiger partial charge is 0.292 e. The summed E-state index contributed by atoms with van der Waals surface area (Å²) < 4.78 is 11.0. The topological polar surface area (TPSA) is 89.3 Å². The number of hydrogen-bond acceptors (Lipinski definition) is 6.